The Bertz CT molecular complexity index is 573. The molecule has 16 heavy (non-hydrogen) atoms. The number of fused-ring (bicyclic) bond motifs is 1. The average Bonchev–Trinajstić information content (AvgIpc) is 2.25. The van der Waals surface area contributed by atoms with Crippen LogP contribution in [0.1, 0.15) is 12.1 Å². The molecule has 2 nitrogen and oxygen atoms in total. The molecule has 0 aliphatic carbocycles. The van der Waals surface area contributed by atoms with Crippen LogP contribution in [0.3, 0.4) is 0 Å². The van der Waals surface area contributed by atoms with E-state index in [1.54, 1.807) is 12.1 Å². The molecule has 0 bridgehead atoms. The fourth-order valence-corrected chi connectivity index (χ4v) is 2.07. The second-order valence-electron chi connectivity index (χ2n) is 3.42. The maximum atomic E-state index is 8.51. The molecular formula is C12H8Cl2N2. The number of hydrogen-bond acceptors (Lipinski definition) is 2. The molecule has 0 N–H and O–H groups in total. The molecule has 2 rings (SSSR count). The van der Waals surface area contributed by atoms with Gasteiger partial charge in [0.05, 0.1) is 16.6 Å². The minimum absolute atomic E-state index is 0.465. The first-order valence-corrected chi connectivity index (χ1v) is 5.58. The number of aromatic nitrogens is 1. The van der Waals surface area contributed by atoms with Crippen molar-refractivity contribution in [3.8, 4) is 6.07 Å². The molecule has 0 aliphatic heterocycles. The van der Waals surface area contributed by atoms with Crippen molar-refractivity contribution in [3.63, 3.8) is 0 Å². The molecule has 1 aromatic heterocycles. The lowest BCUT2D eigenvalue weighted by molar-refractivity contribution is 0.963. The van der Waals surface area contributed by atoms with E-state index < -0.39 is 0 Å². The monoisotopic (exact) mass is 250 g/mol. The number of pyridine rings is 1. The maximum Gasteiger partial charge on any atom is 0.0735 e. The summed E-state index contributed by atoms with van der Waals surface area (Å²) < 4.78 is 0. The van der Waals surface area contributed by atoms with Crippen LogP contribution in [0.4, 0.5) is 0 Å². The van der Waals surface area contributed by atoms with Crippen LogP contribution in [0, 0.1) is 11.3 Å². The van der Waals surface area contributed by atoms with Gasteiger partial charge in [-0.25, -0.2) is 0 Å². The molecule has 0 unspecified atom stereocenters. The summed E-state index contributed by atoms with van der Waals surface area (Å²) in [6.07, 6.45) is 1.11. The van der Waals surface area contributed by atoms with E-state index in [-0.39, 0.29) is 0 Å². The second kappa shape index (κ2) is 4.69. The molecule has 2 aromatic rings. The molecule has 0 saturated heterocycles. The van der Waals surface area contributed by atoms with Crippen LogP contribution in [-0.4, -0.2) is 4.98 Å². The Kier molecular flexibility index (Phi) is 3.28. The first-order valence-electron chi connectivity index (χ1n) is 4.82. The number of rotatable bonds is 2. The minimum atomic E-state index is 0.465. The predicted molar refractivity (Wildman–Crippen MR) is 65.7 cm³/mol. The van der Waals surface area contributed by atoms with Crippen LogP contribution in [0.2, 0.25) is 10.0 Å². The van der Waals surface area contributed by atoms with Gasteiger partial charge in [0.15, 0.2) is 0 Å². The lowest BCUT2D eigenvalue weighted by atomic mass is 10.1. The van der Waals surface area contributed by atoms with Gasteiger partial charge >= 0.3 is 0 Å². The normalized spacial score (nSPS) is 10.3. The first kappa shape index (κ1) is 11.2. The van der Waals surface area contributed by atoms with Crippen molar-refractivity contribution in [1.82, 2.24) is 4.98 Å². The van der Waals surface area contributed by atoms with E-state index in [0.717, 1.165) is 16.6 Å². The van der Waals surface area contributed by atoms with Crippen LogP contribution in [0.15, 0.2) is 24.3 Å². The molecule has 0 spiro atoms. The van der Waals surface area contributed by atoms with Crippen molar-refractivity contribution < 1.29 is 0 Å². The third kappa shape index (κ3) is 2.27. The Morgan fingerprint density at radius 1 is 1.25 bits per heavy atom. The molecule has 0 atom stereocenters. The molecule has 0 fully saturated rings. The fourth-order valence-electron chi connectivity index (χ4n) is 1.52. The summed E-state index contributed by atoms with van der Waals surface area (Å²) in [4.78, 5) is 4.41. The van der Waals surface area contributed by atoms with E-state index in [1.165, 1.54) is 0 Å². The second-order valence-corrected chi connectivity index (χ2v) is 4.26. The van der Waals surface area contributed by atoms with Gasteiger partial charge in [-0.15, -0.1) is 0 Å². The van der Waals surface area contributed by atoms with E-state index in [0.29, 0.717) is 22.9 Å². The number of aryl methyl sites for hydroxylation is 1. The molecule has 1 heterocycles. The lowest BCUT2D eigenvalue weighted by Gasteiger charge is -2.03. The van der Waals surface area contributed by atoms with Crippen LogP contribution in [0.5, 0.6) is 0 Å². The fraction of sp³-hybridized carbons (Fsp3) is 0.167. The van der Waals surface area contributed by atoms with Gasteiger partial charge in [-0.05, 0) is 24.3 Å². The summed E-state index contributed by atoms with van der Waals surface area (Å²) in [5.74, 6) is 0. The van der Waals surface area contributed by atoms with Gasteiger partial charge in [0.2, 0.25) is 0 Å². The van der Waals surface area contributed by atoms with E-state index in [9.17, 15) is 0 Å². The number of benzene rings is 1. The number of nitrogens with zero attached hydrogens (tertiary/aromatic N) is 2. The van der Waals surface area contributed by atoms with Crippen molar-refractivity contribution >= 4 is 34.1 Å². The Morgan fingerprint density at radius 2 is 2.06 bits per heavy atom. The maximum absolute atomic E-state index is 8.51. The van der Waals surface area contributed by atoms with Crippen molar-refractivity contribution in [2.45, 2.75) is 12.8 Å². The largest absolute Gasteiger partial charge is 0.253 e. The molecule has 0 amide bonds. The summed E-state index contributed by atoms with van der Waals surface area (Å²) in [5.41, 5.74) is 1.65. The van der Waals surface area contributed by atoms with Crippen molar-refractivity contribution in [1.29, 1.82) is 5.26 Å². The summed E-state index contributed by atoms with van der Waals surface area (Å²) in [6, 6.07) is 9.37. The standard InChI is InChI=1S/C12H8Cl2N2/c13-8-6-11(14)10-4-3-9(2-1-5-15)16-12(10)7-8/h3-4,6-7H,1-2H2. The molecule has 0 aliphatic rings. The first-order chi connectivity index (χ1) is 7.70. The average molecular weight is 251 g/mol. The van der Waals surface area contributed by atoms with Gasteiger partial charge < -0.3 is 0 Å². The Hall–Kier alpha value is -1.30. The Balaban J connectivity index is 2.49. The van der Waals surface area contributed by atoms with Gasteiger partial charge in [0, 0.05) is 28.9 Å². The van der Waals surface area contributed by atoms with Gasteiger partial charge in [-0.3, -0.25) is 4.98 Å². The van der Waals surface area contributed by atoms with Crippen LogP contribution in [-0.2, 0) is 6.42 Å². The zero-order valence-corrected chi connectivity index (χ0v) is 9.89. The highest BCUT2D eigenvalue weighted by Crippen LogP contribution is 2.26. The predicted octanol–water partition coefficient (Wildman–Crippen LogP) is 4.00. The smallest absolute Gasteiger partial charge is 0.0735 e. The highest BCUT2D eigenvalue weighted by molar-refractivity contribution is 6.38. The molecular weight excluding hydrogens is 243 g/mol. The lowest BCUT2D eigenvalue weighted by Crippen LogP contribution is -1.90. The summed E-state index contributed by atoms with van der Waals surface area (Å²) in [6.45, 7) is 0. The molecule has 1 aromatic carbocycles. The molecule has 0 radical (unpaired) electrons. The van der Waals surface area contributed by atoms with Crippen molar-refractivity contribution in [2.24, 2.45) is 0 Å². The third-order valence-corrected chi connectivity index (χ3v) is 2.80. The minimum Gasteiger partial charge on any atom is -0.253 e. The number of hydrogen-bond donors (Lipinski definition) is 0. The summed E-state index contributed by atoms with van der Waals surface area (Å²) in [7, 11) is 0. The van der Waals surface area contributed by atoms with Crippen LogP contribution in [0.25, 0.3) is 10.9 Å². The van der Waals surface area contributed by atoms with Gasteiger partial charge in [-0.2, -0.15) is 5.26 Å². The summed E-state index contributed by atoms with van der Waals surface area (Å²) >= 11 is 11.9. The van der Waals surface area contributed by atoms with Crippen molar-refractivity contribution in [3.05, 3.63) is 40.0 Å². The Morgan fingerprint density at radius 3 is 2.81 bits per heavy atom. The van der Waals surface area contributed by atoms with Gasteiger partial charge in [0.25, 0.3) is 0 Å². The highest BCUT2D eigenvalue weighted by Gasteiger charge is 2.04. The van der Waals surface area contributed by atoms with Crippen LogP contribution < -0.4 is 0 Å². The quantitative estimate of drug-likeness (QED) is 0.808. The number of nitriles is 1. The summed E-state index contributed by atoms with van der Waals surface area (Å²) in [5, 5.41) is 10.6. The van der Waals surface area contributed by atoms with Crippen molar-refractivity contribution in [2.75, 3.05) is 0 Å². The van der Waals surface area contributed by atoms with Crippen LogP contribution >= 0.6 is 23.2 Å². The zero-order valence-electron chi connectivity index (χ0n) is 8.37. The third-order valence-electron chi connectivity index (χ3n) is 2.27. The Labute approximate surface area is 103 Å². The molecule has 4 heteroatoms. The highest BCUT2D eigenvalue weighted by atomic mass is 35.5. The molecule has 0 saturated carbocycles. The van der Waals surface area contributed by atoms with E-state index in [4.69, 9.17) is 28.5 Å². The van der Waals surface area contributed by atoms with E-state index >= 15 is 0 Å². The molecule has 80 valence electrons. The zero-order chi connectivity index (χ0) is 11.5. The van der Waals surface area contributed by atoms with Gasteiger partial charge in [-0.1, -0.05) is 23.2 Å². The van der Waals surface area contributed by atoms with Gasteiger partial charge in [0.1, 0.15) is 0 Å². The topological polar surface area (TPSA) is 36.7 Å². The SMILES string of the molecule is N#CCCc1ccc2c(Cl)cc(Cl)cc2n1. The van der Waals surface area contributed by atoms with E-state index in [1.807, 2.05) is 12.1 Å². The number of halogens is 2. The van der Waals surface area contributed by atoms with E-state index in [2.05, 4.69) is 11.1 Å².